The van der Waals surface area contributed by atoms with Crippen LogP contribution in [0.4, 0.5) is 4.39 Å². The second-order valence-electron chi connectivity index (χ2n) is 4.46. The lowest BCUT2D eigenvalue weighted by Crippen LogP contribution is -2.34. The molecule has 17 heavy (non-hydrogen) atoms. The van der Waals surface area contributed by atoms with Crippen molar-refractivity contribution < 1.29 is 14.0 Å². The Kier molecular flexibility index (Phi) is 4.96. The smallest absolute Gasteiger partial charge is 0.253 e. The van der Waals surface area contributed by atoms with Crippen LogP contribution in [0.2, 0.25) is 0 Å². The van der Waals surface area contributed by atoms with Crippen molar-refractivity contribution in [2.24, 2.45) is 0 Å². The third kappa shape index (κ3) is 5.70. The molecule has 0 fully saturated rings. The highest BCUT2D eigenvalue weighted by Crippen LogP contribution is 2.20. The zero-order chi connectivity index (χ0) is 12.9. The summed E-state index contributed by atoms with van der Waals surface area (Å²) in [6.45, 7) is 5.49. The van der Waals surface area contributed by atoms with E-state index in [0.29, 0.717) is 4.90 Å². The molecule has 0 saturated heterocycles. The molecule has 1 aromatic rings. The van der Waals surface area contributed by atoms with Crippen LogP contribution in [0.3, 0.4) is 0 Å². The van der Waals surface area contributed by atoms with Crippen molar-refractivity contribution in [2.75, 3.05) is 5.75 Å². The zero-order valence-electron chi connectivity index (χ0n) is 10.1. The number of rotatable bonds is 4. The van der Waals surface area contributed by atoms with E-state index in [1.54, 1.807) is 18.2 Å². The number of thioether (sulfide) groups is 1. The van der Waals surface area contributed by atoms with Crippen molar-refractivity contribution in [3.63, 3.8) is 0 Å². The van der Waals surface area contributed by atoms with Crippen LogP contribution in [0, 0.1) is 5.82 Å². The molecule has 94 valence electrons. The topological polar surface area (TPSA) is 38.3 Å². The molecule has 0 saturated carbocycles. The monoisotopic (exact) mass is 257 g/mol. The minimum Gasteiger partial charge on any atom is -0.272 e. The number of hydrogen-bond acceptors (Lipinski definition) is 3. The number of hydrogen-bond donors (Lipinski definition) is 1. The standard InChI is InChI=1S/C12H16FNO2S/c1-12(2,3)16-14-11(15)8-17-10-7-5-4-6-9(10)13/h4-7H,8H2,1-3H3,(H,14,15). The molecule has 0 aliphatic heterocycles. The summed E-state index contributed by atoms with van der Waals surface area (Å²) >= 11 is 1.14. The van der Waals surface area contributed by atoms with Gasteiger partial charge in [-0.1, -0.05) is 12.1 Å². The van der Waals surface area contributed by atoms with Gasteiger partial charge in [-0.3, -0.25) is 9.63 Å². The number of carbonyl (C=O) groups is 1. The Morgan fingerprint density at radius 2 is 2.06 bits per heavy atom. The Balaban J connectivity index is 2.36. The van der Waals surface area contributed by atoms with Crippen molar-refractivity contribution in [2.45, 2.75) is 31.3 Å². The lowest BCUT2D eigenvalue weighted by Gasteiger charge is -2.18. The highest BCUT2D eigenvalue weighted by molar-refractivity contribution is 8.00. The number of benzene rings is 1. The fourth-order valence-corrected chi connectivity index (χ4v) is 1.67. The van der Waals surface area contributed by atoms with Gasteiger partial charge in [-0.2, -0.15) is 0 Å². The van der Waals surface area contributed by atoms with E-state index < -0.39 is 5.60 Å². The summed E-state index contributed by atoms with van der Waals surface area (Å²) in [5, 5.41) is 0. The molecule has 1 N–H and O–H groups in total. The number of amides is 1. The van der Waals surface area contributed by atoms with E-state index in [2.05, 4.69) is 5.48 Å². The van der Waals surface area contributed by atoms with Crippen LogP contribution < -0.4 is 5.48 Å². The lowest BCUT2D eigenvalue weighted by molar-refractivity contribution is -0.142. The zero-order valence-corrected chi connectivity index (χ0v) is 10.9. The highest BCUT2D eigenvalue weighted by atomic mass is 32.2. The Hall–Kier alpha value is -1.07. The largest absolute Gasteiger partial charge is 0.272 e. The molecular formula is C12H16FNO2S. The fourth-order valence-electron chi connectivity index (χ4n) is 0.945. The van der Waals surface area contributed by atoms with E-state index in [0.717, 1.165) is 11.8 Å². The molecule has 5 heteroatoms. The van der Waals surface area contributed by atoms with Crippen molar-refractivity contribution in [3.8, 4) is 0 Å². The summed E-state index contributed by atoms with van der Waals surface area (Å²) in [6.07, 6.45) is 0. The van der Waals surface area contributed by atoms with E-state index in [1.165, 1.54) is 6.07 Å². The number of halogens is 1. The average Bonchev–Trinajstić information content (AvgIpc) is 2.24. The molecule has 0 heterocycles. The SMILES string of the molecule is CC(C)(C)ONC(=O)CSc1ccccc1F. The Bertz CT molecular complexity index is 390. The third-order valence-electron chi connectivity index (χ3n) is 1.67. The fraction of sp³-hybridized carbons (Fsp3) is 0.417. The molecule has 0 aliphatic rings. The molecular weight excluding hydrogens is 241 g/mol. The van der Waals surface area contributed by atoms with Crippen molar-refractivity contribution >= 4 is 17.7 Å². The first-order valence-corrected chi connectivity index (χ1v) is 6.21. The molecule has 0 aliphatic carbocycles. The van der Waals surface area contributed by atoms with Gasteiger partial charge in [0.2, 0.25) is 0 Å². The predicted octanol–water partition coefficient (Wildman–Crippen LogP) is 2.76. The first kappa shape index (κ1) is 14.0. The van der Waals surface area contributed by atoms with Gasteiger partial charge in [0.15, 0.2) is 0 Å². The van der Waals surface area contributed by atoms with Crippen LogP contribution in [-0.4, -0.2) is 17.3 Å². The third-order valence-corrected chi connectivity index (χ3v) is 2.72. The first-order chi connectivity index (χ1) is 7.88. The van der Waals surface area contributed by atoms with Gasteiger partial charge in [0.05, 0.1) is 11.4 Å². The first-order valence-electron chi connectivity index (χ1n) is 5.23. The second kappa shape index (κ2) is 6.02. The highest BCUT2D eigenvalue weighted by Gasteiger charge is 2.13. The van der Waals surface area contributed by atoms with E-state index in [1.807, 2.05) is 20.8 Å². The van der Waals surface area contributed by atoms with Gasteiger partial charge in [0.25, 0.3) is 5.91 Å². The van der Waals surface area contributed by atoms with Crippen LogP contribution in [0.5, 0.6) is 0 Å². The van der Waals surface area contributed by atoms with Crippen molar-refractivity contribution in [3.05, 3.63) is 30.1 Å². The Labute approximate surface area is 105 Å². The van der Waals surface area contributed by atoms with E-state index >= 15 is 0 Å². The van der Waals surface area contributed by atoms with Crippen LogP contribution in [0.15, 0.2) is 29.2 Å². The van der Waals surface area contributed by atoms with E-state index in [-0.39, 0.29) is 17.5 Å². The summed E-state index contributed by atoms with van der Waals surface area (Å²) in [6, 6.07) is 6.35. The molecule has 1 aromatic carbocycles. The molecule has 0 bridgehead atoms. The normalized spacial score (nSPS) is 11.3. The molecule has 3 nitrogen and oxygen atoms in total. The maximum atomic E-state index is 13.2. The number of nitrogens with one attached hydrogen (secondary N) is 1. The Morgan fingerprint density at radius 3 is 2.65 bits per heavy atom. The van der Waals surface area contributed by atoms with Gasteiger partial charge >= 0.3 is 0 Å². The van der Waals surface area contributed by atoms with Gasteiger partial charge < -0.3 is 0 Å². The van der Waals surface area contributed by atoms with Gasteiger partial charge in [-0.25, -0.2) is 9.87 Å². The van der Waals surface area contributed by atoms with Crippen LogP contribution >= 0.6 is 11.8 Å². The summed E-state index contributed by atoms with van der Waals surface area (Å²) in [4.78, 5) is 17.0. The van der Waals surface area contributed by atoms with Crippen molar-refractivity contribution in [1.82, 2.24) is 5.48 Å². The van der Waals surface area contributed by atoms with Crippen molar-refractivity contribution in [1.29, 1.82) is 0 Å². The molecule has 0 atom stereocenters. The van der Waals surface area contributed by atoms with Crippen LogP contribution in [0.1, 0.15) is 20.8 Å². The predicted molar refractivity (Wildman–Crippen MR) is 66.1 cm³/mol. The minimum absolute atomic E-state index is 0.122. The number of carbonyl (C=O) groups excluding carboxylic acids is 1. The molecule has 0 radical (unpaired) electrons. The van der Waals surface area contributed by atoms with Crippen LogP contribution in [0.25, 0.3) is 0 Å². The van der Waals surface area contributed by atoms with Gasteiger partial charge in [-0.15, -0.1) is 11.8 Å². The summed E-state index contributed by atoms with van der Waals surface area (Å²) in [5.41, 5.74) is 1.90. The maximum Gasteiger partial charge on any atom is 0.253 e. The molecule has 0 spiro atoms. The van der Waals surface area contributed by atoms with E-state index in [4.69, 9.17) is 4.84 Å². The van der Waals surface area contributed by atoms with Crippen LogP contribution in [-0.2, 0) is 9.63 Å². The lowest BCUT2D eigenvalue weighted by atomic mass is 10.2. The number of hydroxylamine groups is 1. The van der Waals surface area contributed by atoms with E-state index in [9.17, 15) is 9.18 Å². The van der Waals surface area contributed by atoms with Gasteiger partial charge in [0.1, 0.15) is 5.82 Å². The molecule has 1 rings (SSSR count). The molecule has 0 unspecified atom stereocenters. The average molecular weight is 257 g/mol. The molecule has 1 amide bonds. The summed E-state index contributed by atoms with van der Waals surface area (Å²) in [5.74, 6) is -0.480. The van der Waals surface area contributed by atoms with Gasteiger partial charge in [-0.05, 0) is 32.9 Å². The second-order valence-corrected chi connectivity index (χ2v) is 5.48. The van der Waals surface area contributed by atoms with Gasteiger partial charge in [0, 0.05) is 4.90 Å². The quantitative estimate of drug-likeness (QED) is 0.666. The molecule has 0 aromatic heterocycles. The Morgan fingerprint density at radius 1 is 1.41 bits per heavy atom. The summed E-state index contributed by atoms with van der Waals surface area (Å²) in [7, 11) is 0. The summed E-state index contributed by atoms with van der Waals surface area (Å²) < 4.78 is 13.2. The minimum atomic E-state index is -0.432. The maximum absolute atomic E-state index is 13.2.